The highest BCUT2D eigenvalue weighted by Gasteiger charge is 2.16. The largest absolute Gasteiger partial charge is 0.395 e. The highest BCUT2D eigenvalue weighted by Crippen LogP contribution is 2.30. The van der Waals surface area contributed by atoms with E-state index >= 15 is 0 Å². The molecule has 0 aliphatic heterocycles. The summed E-state index contributed by atoms with van der Waals surface area (Å²) < 4.78 is 0. The number of allylic oxidation sites excluding steroid dienone is 1. The molecule has 3 N–H and O–H groups in total. The minimum atomic E-state index is -0.249. The molecule has 0 unspecified atom stereocenters. The molecule has 1 aliphatic carbocycles. The normalized spacial score (nSPS) is 17.9. The van der Waals surface area contributed by atoms with Crippen molar-refractivity contribution in [3.05, 3.63) is 11.8 Å². The number of carbonyl (C=O) groups excluding carboxylic acids is 1. The van der Waals surface area contributed by atoms with Crippen LogP contribution in [-0.4, -0.2) is 24.3 Å². The Bertz CT molecular complexity index is 233. The third-order valence-corrected chi connectivity index (χ3v) is 2.83. The average molecular weight is 212 g/mol. The molecule has 0 aromatic carbocycles. The Labute approximate surface area is 90.7 Å². The Morgan fingerprint density at radius 2 is 2.13 bits per heavy atom. The molecule has 1 saturated carbocycles. The van der Waals surface area contributed by atoms with Gasteiger partial charge < -0.3 is 15.7 Å². The first-order chi connectivity index (χ1) is 7.24. The molecule has 1 rings (SSSR count). The molecule has 0 radical (unpaired) electrons. The summed E-state index contributed by atoms with van der Waals surface area (Å²) in [4.78, 5) is 11.1. The number of nitrogens with one attached hydrogen (secondary N) is 2. The van der Waals surface area contributed by atoms with Crippen LogP contribution >= 0.6 is 0 Å². The van der Waals surface area contributed by atoms with Gasteiger partial charge in [-0.15, -0.1) is 0 Å². The van der Waals surface area contributed by atoms with Crippen LogP contribution in [0.3, 0.4) is 0 Å². The molecule has 1 aliphatic rings. The molecule has 2 amide bonds. The van der Waals surface area contributed by atoms with Gasteiger partial charge in [0.25, 0.3) is 0 Å². The molecule has 0 aromatic rings. The number of aliphatic hydroxyl groups is 1. The topological polar surface area (TPSA) is 61.4 Å². The van der Waals surface area contributed by atoms with Crippen molar-refractivity contribution >= 4 is 6.03 Å². The van der Waals surface area contributed by atoms with Crippen LogP contribution in [0.4, 0.5) is 4.79 Å². The summed E-state index contributed by atoms with van der Waals surface area (Å²) in [5, 5.41) is 13.7. The number of carbonyl (C=O) groups is 1. The fourth-order valence-corrected chi connectivity index (χ4v) is 1.90. The van der Waals surface area contributed by atoms with Gasteiger partial charge >= 0.3 is 6.03 Å². The van der Waals surface area contributed by atoms with Gasteiger partial charge in [0.2, 0.25) is 0 Å². The predicted molar refractivity (Wildman–Crippen MR) is 59.3 cm³/mol. The molecular weight excluding hydrogens is 192 g/mol. The predicted octanol–water partition coefficient (Wildman–Crippen LogP) is 1.37. The van der Waals surface area contributed by atoms with Crippen LogP contribution in [0.5, 0.6) is 0 Å². The lowest BCUT2D eigenvalue weighted by Crippen LogP contribution is -2.34. The number of urea groups is 1. The quantitative estimate of drug-likeness (QED) is 0.659. The van der Waals surface area contributed by atoms with Crippen molar-refractivity contribution in [3.63, 3.8) is 0 Å². The number of aliphatic hydroxyl groups excluding tert-OH is 1. The number of rotatable bonds is 4. The Balaban J connectivity index is 2.26. The number of hydrogen-bond donors (Lipinski definition) is 3. The smallest absolute Gasteiger partial charge is 0.318 e. The van der Waals surface area contributed by atoms with Crippen LogP contribution in [0.25, 0.3) is 0 Å². The first-order valence-electron chi connectivity index (χ1n) is 5.56. The fraction of sp³-hybridized carbons (Fsp3) is 0.727. The third-order valence-electron chi connectivity index (χ3n) is 2.83. The van der Waals surface area contributed by atoms with E-state index in [9.17, 15) is 4.79 Å². The van der Waals surface area contributed by atoms with Crippen molar-refractivity contribution in [2.45, 2.75) is 32.6 Å². The average Bonchev–Trinajstić information content (AvgIpc) is 2.76. The Morgan fingerprint density at radius 3 is 2.73 bits per heavy atom. The van der Waals surface area contributed by atoms with Gasteiger partial charge in [-0.2, -0.15) is 0 Å². The molecule has 4 heteroatoms. The van der Waals surface area contributed by atoms with Crippen LogP contribution in [0.15, 0.2) is 11.8 Å². The monoisotopic (exact) mass is 212 g/mol. The second-order valence-electron chi connectivity index (χ2n) is 3.99. The van der Waals surface area contributed by atoms with Gasteiger partial charge in [-0.25, -0.2) is 4.79 Å². The van der Waals surface area contributed by atoms with E-state index in [1.165, 1.54) is 31.3 Å². The van der Waals surface area contributed by atoms with Gasteiger partial charge in [0.15, 0.2) is 0 Å². The molecule has 0 saturated heterocycles. The lowest BCUT2D eigenvalue weighted by Gasteiger charge is -2.10. The van der Waals surface area contributed by atoms with Crippen LogP contribution < -0.4 is 10.6 Å². The summed E-state index contributed by atoms with van der Waals surface area (Å²) in [6.07, 6.45) is 6.85. The van der Waals surface area contributed by atoms with E-state index in [0.29, 0.717) is 12.5 Å². The van der Waals surface area contributed by atoms with Crippen LogP contribution in [-0.2, 0) is 0 Å². The summed E-state index contributed by atoms with van der Waals surface area (Å²) in [5.74, 6) is 0.642. The van der Waals surface area contributed by atoms with E-state index in [1.54, 1.807) is 6.20 Å². The van der Waals surface area contributed by atoms with Gasteiger partial charge in [-0.05, 0) is 25.7 Å². The van der Waals surface area contributed by atoms with Crippen LogP contribution in [0.2, 0.25) is 0 Å². The van der Waals surface area contributed by atoms with Gasteiger partial charge in [0, 0.05) is 12.7 Å². The Kier molecular flexibility index (Phi) is 5.18. The first-order valence-corrected chi connectivity index (χ1v) is 5.56. The van der Waals surface area contributed by atoms with Crippen molar-refractivity contribution in [3.8, 4) is 0 Å². The molecule has 1 fully saturated rings. The zero-order valence-corrected chi connectivity index (χ0v) is 9.25. The van der Waals surface area contributed by atoms with Crippen molar-refractivity contribution in [1.29, 1.82) is 0 Å². The lowest BCUT2D eigenvalue weighted by molar-refractivity contribution is 0.237. The molecule has 0 heterocycles. The van der Waals surface area contributed by atoms with Gasteiger partial charge in [-0.3, -0.25) is 0 Å². The van der Waals surface area contributed by atoms with Crippen molar-refractivity contribution in [2.75, 3.05) is 13.2 Å². The molecule has 0 atom stereocenters. The first kappa shape index (κ1) is 12.0. The summed E-state index contributed by atoms with van der Waals surface area (Å²) in [5.41, 5.74) is 1.24. The minimum absolute atomic E-state index is 0.0290. The molecule has 0 aromatic heterocycles. The number of amides is 2. The molecule has 15 heavy (non-hydrogen) atoms. The molecule has 0 bridgehead atoms. The summed E-state index contributed by atoms with van der Waals surface area (Å²) in [6.45, 7) is 2.32. The van der Waals surface area contributed by atoms with E-state index in [0.717, 1.165) is 0 Å². The summed E-state index contributed by atoms with van der Waals surface area (Å²) >= 11 is 0. The minimum Gasteiger partial charge on any atom is -0.395 e. The second kappa shape index (κ2) is 6.45. The maximum Gasteiger partial charge on any atom is 0.318 e. The van der Waals surface area contributed by atoms with Crippen LogP contribution in [0, 0.1) is 5.92 Å². The Hall–Kier alpha value is -1.03. The van der Waals surface area contributed by atoms with Gasteiger partial charge in [-0.1, -0.05) is 18.4 Å². The molecular formula is C11H20N2O2. The van der Waals surface area contributed by atoms with Crippen molar-refractivity contribution in [1.82, 2.24) is 10.6 Å². The SMILES string of the molecule is C/C(=C\NC(=O)NCCO)C1CCCC1. The van der Waals surface area contributed by atoms with E-state index < -0.39 is 0 Å². The summed E-state index contributed by atoms with van der Waals surface area (Å²) in [7, 11) is 0. The van der Waals surface area contributed by atoms with Gasteiger partial charge in [0.05, 0.1) is 6.61 Å². The molecule has 4 nitrogen and oxygen atoms in total. The molecule has 0 spiro atoms. The fourth-order valence-electron chi connectivity index (χ4n) is 1.90. The highest BCUT2D eigenvalue weighted by atomic mass is 16.3. The molecule has 86 valence electrons. The lowest BCUT2D eigenvalue weighted by atomic mass is 10.0. The van der Waals surface area contributed by atoms with E-state index in [-0.39, 0.29) is 12.6 Å². The zero-order valence-electron chi connectivity index (χ0n) is 9.25. The standard InChI is InChI=1S/C11H20N2O2/c1-9(10-4-2-3-5-10)8-13-11(15)12-6-7-14/h8,10,14H,2-7H2,1H3,(H2,12,13,15)/b9-8+. The maximum atomic E-state index is 11.1. The third kappa shape index (κ3) is 4.34. The van der Waals surface area contributed by atoms with E-state index in [1.807, 2.05) is 0 Å². The Morgan fingerprint density at radius 1 is 1.47 bits per heavy atom. The summed E-state index contributed by atoms with van der Waals surface area (Å²) in [6, 6.07) is -0.249. The van der Waals surface area contributed by atoms with E-state index in [4.69, 9.17) is 5.11 Å². The zero-order chi connectivity index (χ0) is 11.1. The highest BCUT2D eigenvalue weighted by molar-refractivity contribution is 5.74. The van der Waals surface area contributed by atoms with E-state index in [2.05, 4.69) is 17.6 Å². The number of hydrogen-bond acceptors (Lipinski definition) is 2. The van der Waals surface area contributed by atoms with Crippen LogP contribution in [0.1, 0.15) is 32.6 Å². The second-order valence-corrected chi connectivity index (χ2v) is 3.99. The van der Waals surface area contributed by atoms with Gasteiger partial charge in [0.1, 0.15) is 0 Å². The van der Waals surface area contributed by atoms with Crippen molar-refractivity contribution in [2.24, 2.45) is 5.92 Å². The maximum absolute atomic E-state index is 11.1. The van der Waals surface area contributed by atoms with Crippen molar-refractivity contribution < 1.29 is 9.90 Å².